The monoisotopic (exact) mass is 560 g/mol. The largest absolute Gasteiger partial charge is 0.508 e. The van der Waals surface area contributed by atoms with Crippen LogP contribution in [0.5, 0.6) is 5.75 Å². The molecule has 1 saturated carbocycles. The molecule has 0 saturated heterocycles. The van der Waals surface area contributed by atoms with Crippen molar-refractivity contribution in [2.24, 2.45) is 5.92 Å². The Labute approximate surface area is 241 Å². The number of halogens is 1. The number of phenols is 1. The molecule has 4 heterocycles. The number of nitrogens with zero attached hydrogens (tertiary/aromatic N) is 3. The van der Waals surface area contributed by atoms with Gasteiger partial charge in [-0.1, -0.05) is 25.3 Å². The predicted octanol–water partition coefficient (Wildman–Crippen LogP) is 7.59. The number of benzene rings is 2. The van der Waals surface area contributed by atoms with Crippen LogP contribution < -0.4 is 5.32 Å². The van der Waals surface area contributed by atoms with Crippen LogP contribution in [0.25, 0.3) is 55.6 Å². The molecule has 42 heavy (non-hydrogen) atoms. The molecule has 1 aliphatic rings. The molecular weight excluding hydrogens is 531 g/mol. The molecule has 9 heteroatoms. The van der Waals surface area contributed by atoms with Crippen LogP contribution in [0, 0.1) is 11.7 Å². The van der Waals surface area contributed by atoms with Crippen molar-refractivity contribution >= 4 is 33.4 Å². The first-order valence-electron chi connectivity index (χ1n) is 14.2. The minimum atomic E-state index is -0.535. The molecule has 1 aliphatic carbocycles. The first kappa shape index (κ1) is 25.9. The Kier molecular flexibility index (Phi) is 6.62. The van der Waals surface area contributed by atoms with Gasteiger partial charge in [0.25, 0.3) is 0 Å². The average Bonchev–Trinajstić information content (AvgIpc) is 3.61. The number of aromatic hydroxyl groups is 1. The lowest BCUT2D eigenvalue weighted by Gasteiger charge is -2.20. The highest BCUT2D eigenvalue weighted by Gasteiger charge is 2.18. The molecule has 210 valence electrons. The number of carbonyl (C=O) groups excluding carboxylic acids is 1. The highest BCUT2D eigenvalue weighted by molar-refractivity contribution is 6.01. The summed E-state index contributed by atoms with van der Waals surface area (Å²) < 4.78 is 14.0. The number of carbonyl (C=O) groups is 1. The van der Waals surface area contributed by atoms with E-state index in [1.165, 1.54) is 31.4 Å². The van der Waals surface area contributed by atoms with Crippen LogP contribution in [0.3, 0.4) is 0 Å². The van der Waals surface area contributed by atoms with Crippen molar-refractivity contribution in [3.63, 3.8) is 0 Å². The number of hydrogen-bond donors (Lipinski definition) is 4. The van der Waals surface area contributed by atoms with Gasteiger partial charge in [-0.05, 0) is 66.8 Å². The maximum Gasteiger partial charge on any atom is 0.224 e. The number of fused-ring (bicyclic) bond motifs is 2. The van der Waals surface area contributed by atoms with Gasteiger partial charge in [-0.25, -0.2) is 4.39 Å². The highest BCUT2D eigenvalue weighted by Crippen LogP contribution is 2.35. The molecule has 0 spiro atoms. The van der Waals surface area contributed by atoms with E-state index < -0.39 is 5.82 Å². The van der Waals surface area contributed by atoms with E-state index in [4.69, 9.17) is 0 Å². The Balaban J connectivity index is 1.20. The molecule has 0 aliphatic heterocycles. The molecule has 0 unspecified atom stereocenters. The van der Waals surface area contributed by atoms with E-state index in [0.29, 0.717) is 29.3 Å². The number of H-pyrrole nitrogens is 2. The number of anilines is 1. The van der Waals surface area contributed by atoms with Gasteiger partial charge >= 0.3 is 0 Å². The van der Waals surface area contributed by atoms with Gasteiger partial charge in [0.15, 0.2) is 0 Å². The number of aromatic amines is 2. The summed E-state index contributed by atoms with van der Waals surface area (Å²) in [6.45, 7) is 0. The summed E-state index contributed by atoms with van der Waals surface area (Å²) in [5.74, 6) is -0.190. The van der Waals surface area contributed by atoms with Gasteiger partial charge in [0.1, 0.15) is 17.3 Å². The van der Waals surface area contributed by atoms with Gasteiger partial charge in [-0.2, -0.15) is 5.10 Å². The van der Waals surface area contributed by atoms with Gasteiger partial charge in [-0.3, -0.25) is 19.9 Å². The zero-order chi connectivity index (χ0) is 28.6. The van der Waals surface area contributed by atoms with Crippen molar-refractivity contribution in [2.75, 3.05) is 5.32 Å². The second-order valence-corrected chi connectivity index (χ2v) is 11.1. The van der Waals surface area contributed by atoms with Crippen molar-refractivity contribution in [1.29, 1.82) is 0 Å². The van der Waals surface area contributed by atoms with E-state index in [9.17, 15) is 14.3 Å². The zero-order valence-corrected chi connectivity index (χ0v) is 22.8. The third-order valence-corrected chi connectivity index (χ3v) is 8.08. The Hall–Kier alpha value is -5.05. The topological polar surface area (TPSA) is 120 Å². The number of amides is 1. The van der Waals surface area contributed by atoms with E-state index >= 15 is 0 Å². The zero-order valence-electron chi connectivity index (χ0n) is 22.8. The van der Waals surface area contributed by atoms with E-state index in [1.54, 1.807) is 18.6 Å². The van der Waals surface area contributed by atoms with E-state index in [1.807, 2.05) is 36.4 Å². The van der Waals surface area contributed by atoms with Gasteiger partial charge < -0.3 is 15.4 Å². The molecule has 0 radical (unpaired) electrons. The fraction of sp³-hybridized carbons (Fsp3) is 0.212. The number of phenolic OH excluding ortho intramolecular Hbond substituents is 1. The number of hydrogen-bond acceptors (Lipinski definition) is 5. The standard InChI is InChI=1S/C33H29FN6O2/c34-23-11-21(13-25(41)15-23)32-27-16-30(38-28(27)8-9-36-32)33-26-14-20(6-7-29(26)39-40-33)22-12-24(18-35-17-22)37-31(42)10-19-4-2-1-3-5-19/h6-9,11-19,38,41H,1-5,10H2,(H,37,42)(H,39,40). The molecule has 7 rings (SSSR count). The molecule has 6 aromatic rings. The Morgan fingerprint density at radius 1 is 0.905 bits per heavy atom. The van der Waals surface area contributed by atoms with Crippen LogP contribution >= 0.6 is 0 Å². The molecule has 0 bridgehead atoms. The second kappa shape index (κ2) is 10.7. The Morgan fingerprint density at radius 3 is 2.62 bits per heavy atom. The fourth-order valence-corrected chi connectivity index (χ4v) is 6.05. The van der Waals surface area contributed by atoms with Crippen LogP contribution in [0.15, 0.2) is 73.2 Å². The predicted molar refractivity (Wildman–Crippen MR) is 161 cm³/mol. The van der Waals surface area contributed by atoms with E-state index in [0.717, 1.165) is 63.2 Å². The van der Waals surface area contributed by atoms with Crippen molar-refractivity contribution < 1.29 is 14.3 Å². The summed E-state index contributed by atoms with van der Waals surface area (Å²) in [6.07, 6.45) is 11.6. The third-order valence-electron chi connectivity index (χ3n) is 8.08. The normalized spacial score (nSPS) is 14.0. The lowest BCUT2D eigenvalue weighted by atomic mass is 9.87. The van der Waals surface area contributed by atoms with Crippen LogP contribution in [0.2, 0.25) is 0 Å². The maximum absolute atomic E-state index is 14.0. The number of pyridine rings is 2. The summed E-state index contributed by atoms with van der Waals surface area (Å²) >= 11 is 0. The van der Waals surface area contributed by atoms with Crippen LogP contribution in [0.1, 0.15) is 38.5 Å². The Bertz CT molecular complexity index is 1920. The summed E-state index contributed by atoms with van der Waals surface area (Å²) in [4.78, 5) is 25.0. The average molecular weight is 561 g/mol. The minimum absolute atomic E-state index is 0.0366. The molecule has 4 N–H and O–H groups in total. The van der Waals surface area contributed by atoms with Gasteiger partial charge in [-0.15, -0.1) is 0 Å². The summed E-state index contributed by atoms with van der Waals surface area (Å²) in [6, 6.07) is 15.7. The van der Waals surface area contributed by atoms with Crippen molar-refractivity contribution in [3.8, 4) is 39.5 Å². The molecule has 0 atom stereocenters. The first-order chi connectivity index (χ1) is 20.5. The number of nitrogens with one attached hydrogen (secondary N) is 3. The summed E-state index contributed by atoms with van der Waals surface area (Å²) in [7, 11) is 0. The lowest BCUT2D eigenvalue weighted by molar-refractivity contribution is -0.117. The fourth-order valence-electron chi connectivity index (χ4n) is 6.05. The van der Waals surface area contributed by atoms with Gasteiger partial charge in [0.2, 0.25) is 5.91 Å². The first-order valence-corrected chi connectivity index (χ1v) is 14.2. The molecule has 4 aromatic heterocycles. The lowest BCUT2D eigenvalue weighted by Crippen LogP contribution is -2.18. The quantitative estimate of drug-likeness (QED) is 0.167. The van der Waals surface area contributed by atoms with Crippen molar-refractivity contribution in [2.45, 2.75) is 38.5 Å². The highest BCUT2D eigenvalue weighted by atomic mass is 19.1. The van der Waals surface area contributed by atoms with Gasteiger partial charge in [0.05, 0.1) is 28.8 Å². The SMILES string of the molecule is O=C(CC1CCCCC1)Nc1cncc(-c2ccc3[nH]nc(-c4cc5c(-c6cc(O)cc(F)c6)nccc5[nH]4)c3c2)c1. The molecule has 1 amide bonds. The Morgan fingerprint density at radius 2 is 1.76 bits per heavy atom. The van der Waals surface area contributed by atoms with Crippen LogP contribution in [-0.4, -0.2) is 36.2 Å². The molecule has 1 fully saturated rings. The molecule has 2 aromatic carbocycles. The van der Waals surface area contributed by atoms with E-state index in [2.05, 4.69) is 30.5 Å². The van der Waals surface area contributed by atoms with Gasteiger partial charge in [0, 0.05) is 52.3 Å². The number of aromatic nitrogens is 5. The summed E-state index contributed by atoms with van der Waals surface area (Å²) in [5, 5.41) is 22.4. The second-order valence-electron chi connectivity index (χ2n) is 11.1. The molecule has 8 nitrogen and oxygen atoms in total. The summed E-state index contributed by atoms with van der Waals surface area (Å²) in [5.41, 5.74) is 6.71. The van der Waals surface area contributed by atoms with Crippen molar-refractivity contribution in [3.05, 3.63) is 79.0 Å². The van der Waals surface area contributed by atoms with Crippen LogP contribution in [-0.2, 0) is 4.79 Å². The van der Waals surface area contributed by atoms with Crippen molar-refractivity contribution in [1.82, 2.24) is 25.1 Å². The van der Waals surface area contributed by atoms with Crippen LogP contribution in [0.4, 0.5) is 10.1 Å². The number of rotatable bonds is 6. The third kappa shape index (κ3) is 5.09. The maximum atomic E-state index is 14.0. The smallest absolute Gasteiger partial charge is 0.224 e. The minimum Gasteiger partial charge on any atom is -0.508 e. The molecular formula is C33H29FN6O2. The van der Waals surface area contributed by atoms with E-state index in [-0.39, 0.29) is 11.7 Å².